The number of thioether (sulfide) groups is 1. The number of amides is 3. The van der Waals surface area contributed by atoms with Gasteiger partial charge < -0.3 is 10.1 Å². The van der Waals surface area contributed by atoms with Crippen molar-refractivity contribution < 1.29 is 23.5 Å². The molecule has 0 spiro atoms. The highest BCUT2D eigenvalue weighted by Gasteiger charge is 2.36. The fourth-order valence-corrected chi connectivity index (χ4v) is 4.93. The lowest BCUT2D eigenvalue weighted by atomic mass is 10.0. The monoisotopic (exact) mass is 582 g/mol. The van der Waals surface area contributed by atoms with Gasteiger partial charge in [-0.3, -0.25) is 19.3 Å². The molecule has 0 aliphatic carbocycles. The van der Waals surface area contributed by atoms with E-state index in [0.717, 1.165) is 22.0 Å². The zero-order chi connectivity index (χ0) is 27.7. The number of aromatic nitrogens is 2. The van der Waals surface area contributed by atoms with Crippen molar-refractivity contribution in [2.24, 2.45) is 0 Å². The predicted molar refractivity (Wildman–Crippen MR) is 149 cm³/mol. The lowest BCUT2D eigenvalue weighted by Crippen LogP contribution is -2.36. The van der Waals surface area contributed by atoms with E-state index in [-0.39, 0.29) is 15.9 Å². The Kier molecular flexibility index (Phi) is 7.51. The van der Waals surface area contributed by atoms with E-state index in [2.05, 4.69) is 15.3 Å². The van der Waals surface area contributed by atoms with E-state index in [0.29, 0.717) is 33.4 Å². The number of nitrogens with zero attached hydrogens (tertiary/aromatic N) is 3. The molecule has 5 rings (SSSR count). The van der Waals surface area contributed by atoms with Crippen LogP contribution in [0.2, 0.25) is 10.3 Å². The summed E-state index contributed by atoms with van der Waals surface area (Å²) in [5.41, 5.74) is 1.69. The average molecular weight is 583 g/mol. The van der Waals surface area contributed by atoms with Crippen molar-refractivity contribution in [3.63, 3.8) is 0 Å². The second-order valence-electron chi connectivity index (χ2n) is 8.37. The normalized spacial score (nSPS) is 14.4. The Labute approximate surface area is 235 Å². The van der Waals surface area contributed by atoms with Gasteiger partial charge in [0, 0.05) is 16.3 Å². The number of ether oxygens (including phenoxy) is 1. The van der Waals surface area contributed by atoms with Gasteiger partial charge in [0.25, 0.3) is 17.0 Å². The van der Waals surface area contributed by atoms with E-state index in [1.165, 1.54) is 6.08 Å². The summed E-state index contributed by atoms with van der Waals surface area (Å²) in [6.45, 7) is 1.34. The Hall–Kier alpha value is -3.99. The van der Waals surface area contributed by atoms with Crippen LogP contribution in [0.4, 0.5) is 14.9 Å². The SMILES string of the molecule is Cc1ccc(NC(=O)CN2C(=O)S/C(=C/c3c(Oc4nc(Cl)ncc4F)ccc4ccccc34)C2=O)cc1Cl. The fourth-order valence-electron chi connectivity index (χ4n) is 3.80. The van der Waals surface area contributed by atoms with Crippen LogP contribution in [0.3, 0.4) is 0 Å². The summed E-state index contributed by atoms with van der Waals surface area (Å²) in [4.78, 5) is 46.8. The van der Waals surface area contributed by atoms with Crippen molar-refractivity contribution in [1.82, 2.24) is 14.9 Å². The number of anilines is 1. The van der Waals surface area contributed by atoms with Gasteiger partial charge in [-0.1, -0.05) is 48.0 Å². The lowest BCUT2D eigenvalue weighted by molar-refractivity contribution is -0.127. The van der Waals surface area contributed by atoms with Gasteiger partial charge in [0.15, 0.2) is 0 Å². The third-order valence-corrected chi connectivity index (χ3v) is 7.22. The summed E-state index contributed by atoms with van der Waals surface area (Å²) in [6.07, 6.45) is 2.35. The number of imide groups is 1. The lowest BCUT2D eigenvalue weighted by Gasteiger charge is -2.13. The van der Waals surface area contributed by atoms with Crippen LogP contribution in [0.25, 0.3) is 16.8 Å². The van der Waals surface area contributed by atoms with Gasteiger partial charge in [-0.15, -0.1) is 0 Å². The zero-order valence-corrected chi connectivity index (χ0v) is 22.4. The summed E-state index contributed by atoms with van der Waals surface area (Å²) in [5.74, 6) is -2.29. The zero-order valence-electron chi connectivity index (χ0n) is 20.1. The van der Waals surface area contributed by atoms with E-state index in [1.54, 1.807) is 42.5 Å². The van der Waals surface area contributed by atoms with Crippen LogP contribution in [-0.4, -0.2) is 38.5 Å². The van der Waals surface area contributed by atoms with E-state index >= 15 is 0 Å². The molecule has 1 fully saturated rings. The van der Waals surface area contributed by atoms with Gasteiger partial charge in [0.05, 0.1) is 11.1 Å². The third-order valence-electron chi connectivity index (χ3n) is 5.73. The summed E-state index contributed by atoms with van der Waals surface area (Å²) < 4.78 is 20.0. The molecule has 2 heterocycles. The van der Waals surface area contributed by atoms with Crippen LogP contribution in [0.5, 0.6) is 11.6 Å². The molecular weight excluding hydrogens is 566 g/mol. The molecule has 0 saturated carbocycles. The molecule has 1 saturated heterocycles. The molecule has 12 heteroatoms. The first-order chi connectivity index (χ1) is 18.7. The van der Waals surface area contributed by atoms with Crippen molar-refractivity contribution in [1.29, 1.82) is 0 Å². The van der Waals surface area contributed by atoms with Crippen LogP contribution in [0.1, 0.15) is 11.1 Å². The Balaban J connectivity index is 1.44. The molecule has 3 aromatic carbocycles. The third kappa shape index (κ3) is 5.73. The Morgan fingerprint density at radius 3 is 2.74 bits per heavy atom. The summed E-state index contributed by atoms with van der Waals surface area (Å²) in [5, 5.41) is 3.78. The van der Waals surface area contributed by atoms with E-state index in [9.17, 15) is 18.8 Å². The highest BCUT2D eigenvalue weighted by atomic mass is 35.5. The topological polar surface area (TPSA) is 101 Å². The predicted octanol–water partition coefficient (Wildman–Crippen LogP) is 6.85. The molecule has 1 aliphatic rings. The number of aryl methyl sites for hydroxylation is 1. The van der Waals surface area contributed by atoms with Gasteiger partial charge in [-0.2, -0.15) is 9.37 Å². The molecular formula is C27H17Cl2FN4O4S. The molecule has 0 bridgehead atoms. The van der Waals surface area contributed by atoms with E-state index in [4.69, 9.17) is 27.9 Å². The largest absolute Gasteiger partial charge is 0.436 e. The number of halogens is 3. The average Bonchev–Trinajstić information content (AvgIpc) is 3.17. The Bertz CT molecular complexity index is 1700. The molecule has 0 radical (unpaired) electrons. The fraction of sp³-hybridized carbons (Fsp3) is 0.0741. The smallest absolute Gasteiger partial charge is 0.294 e. The molecule has 1 aliphatic heterocycles. The second-order valence-corrected chi connectivity index (χ2v) is 10.1. The van der Waals surface area contributed by atoms with Crippen molar-refractivity contribution in [2.45, 2.75) is 6.92 Å². The van der Waals surface area contributed by atoms with Crippen molar-refractivity contribution >= 4 is 74.6 Å². The number of fused-ring (bicyclic) bond motifs is 1. The maximum Gasteiger partial charge on any atom is 0.294 e. The molecule has 196 valence electrons. The van der Waals surface area contributed by atoms with E-state index < -0.39 is 35.3 Å². The number of hydrogen-bond donors (Lipinski definition) is 1. The minimum absolute atomic E-state index is 0.0635. The standard InChI is InChI=1S/C27H17Cl2FN4O4S/c1-14-6-8-16(10-19(14)28)32-23(35)13-34-25(36)22(39-27(34)37)11-18-17-5-3-2-4-15(17)7-9-21(18)38-24-20(30)12-31-26(29)33-24/h2-12H,13H2,1H3,(H,32,35)/b22-11+. The van der Waals surface area contributed by atoms with Gasteiger partial charge in [0.2, 0.25) is 17.0 Å². The summed E-state index contributed by atoms with van der Waals surface area (Å²) in [7, 11) is 0. The highest BCUT2D eigenvalue weighted by Crippen LogP contribution is 2.38. The quantitative estimate of drug-likeness (QED) is 0.196. The van der Waals surface area contributed by atoms with Crippen molar-refractivity contribution in [3.8, 4) is 11.6 Å². The molecule has 1 N–H and O–H groups in total. The number of hydrogen-bond acceptors (Lipinski definition) is 7. The number of nitrogens with one attached hydrogen (secondary N) is 1. The number of benzene rings is 3. The Morgan fingerprint density at radius 2 is 1.95 bits per heavy atom. The molecule has 1 aromatic heterocycles. The molecule has 0 atom stereocenters. The molecule has 39 heavy (non-hydrogen) atoms. The summed E-state index contributed by atoms with van der Waals surface area (Å²) >= 11 is 12.6. The number of carbonyl (C=O) groups excluding carboxylic acids is 3. The van der Waals surface area contributed by atoms with Gasteiger partial charge in [-0.05, 0) is 70.9 Å². The van der Waals surface area contributed by atoms with Crippen LogP contribution in [0.15, 0.2) is 65.7 Å². The maximum atomic E-state index is 14.3. The van der Waals surface area contributed by atoms with Crippen LogP contribution in [0, 0.1) is 12.7 Å². The molecule has 8 nitrogen and oxygen atoms in total. The van der Waals surface area contributed by atoms with E-state index in [1.807, 2.05) is 19.1 Å². The van der Waals surface area contributed by atoms with Crippen LogP contribution in [-0.2, 0) is 9.59 Å². The highest BCUT2D eigenvalue weighted by molar-refractivity contribution is 8.18. The van der Waals surface area contributed by atoms with Gasteiger partial charge >= 0.3 is 0 Å². The first-order valence-corrected chi connectivity index (χ1v) is 13.0. The van der Waals surface area contributed by atoms with Gasteiger partial charge in [-0.25, -0.2) is 4.98 Å². The molecule has 3 amide bonds. The Morgan fingerprint density at radius 1 is 1.15 bits per heavy atom. The molecule has 4 aromatic rings. The minimum atomic E-state index is -0.834. The molecule has 0 unspecified atom stereocenters. The first-order valence-electron chi connectivity index (χ1n) is 11.4. The number of carbonyl (C=O) groups is 3. The van der Waals surface area contributed by atoms with Gasteiger partial charge in [0.1, 0.15) is 12.3 Å². The number of rotatable bonds is 6. The second kappa shape index (κ2) is 11.0. The van der Waals surface area contributed by atoms with Crippen molar-refractivity contribution in [2.75, 3.05) is 11.9 Å². The maximum absolute atomic E-state index is 14.3. The minimum Gasteiger partial charge on any atom is -0.436 e. The van der Waals surface area contributed by atoms with Crippen molar-refractivity contribution in [3.05, 3.63) is 92.9 Å². The summed E-state index contributed by atoms with van der Waals surface area (Å²) in [6, 6.07) is 15.6. The van der Waals surface area contributed by atoms with Crippen LogP contribution < -0.4 is 10.1 Å². The first kappa shape index (κ1) is 26.6. The van der Waals surface area contributed by atoms with Crippen LogP contribution >= 0.6 is 35.0 Å².